The van der Waals surface area contributed by atoms with Crippen molar-refractivity contribution < 1.29 is 99.9 Å². The van der Waals surface area contributed by atoms with E-state index in [0.29, 0.717) is 0 Å². The van der Waals surface area contributed by atoms with Gasteiger partial charge in [-0.2, -0.15) is 0 Å². The number of carboxylic acid groups (broad SMARTS) is 7. The van der Waals surface area contributed by atoms with E-state index in [-0.39, 0.29) is 177 Å². The van der Waals surface area contributed by atoms with Gasteiger partial charge >= 0.3 is 219 Å². The van der Waals surface area contributed by atoms with Gasteiger partial charge in [0.15, 0.2) is 0 Å². The summed E-state index contributed by atoms with van der Waals surface area (Å²) in [6, 6.07) is 0. The molecule has 0 heterocycles. The molecule has 13 N–H and O–H groups in total. The SMILES string of the molecule is C=CC(=O)O.O=C(O)CO.O=C(O)CO.O=C(O)CO.O=C(O)CO.O=C(O)CO.O=C(O)CO.[NaH].[NaH].[NaH].[NaH].[NaH].[NaH]. The molecular weight excluding hydrogens is 638 g/mol. The zero-order valence-electron chi connectivity index (χ0n) is 17.7. The Balaban J connectivity index is -0.0000000198. The second-order valence-electron chi connectivity index (χ2n) is 3.85. The molecule has 0 spiro atoms. The Morgan fingerprint density at radius 2 is 0.415 bits per heavy atom. The molecule has 0 saturated heterocycles. The summed E-state index contributed by atoms with van der Waals surface area (Å²) in [6.45, 7) is -1.71. The van der Waals surface area contributed by atoms with Gasteiger partial charge in [0.2, 0.25) is 0 Å². The molecule has 0 amide bonds. The Bertz CT molecular complexity index is 499. The van der Waals surface area contributed by atoms with Crippen LogP contribution in [0.5, 0.6) is 0 Å². The van der Waals surface area contributed by atoms with E-state index >= 15 is 0 Å². The van der Waals surface area contributed by atoms with E-state index in [9.17, 15) is 4.79 Å². The summed E-state index contributed by atoms with van der Waals surface area (Å²) in [4.78, 5) is 64.0. The third kappa shape index (κ3) is 265. The van der Waals surface area contributed by atoms with Crippen LogP contribution in [0.2, 0.25) is 0 Å². The second kappa shape index (κ2) is 78.3. The zero-order valence-corrected chi connectivity index (χ0v) is 17.7. The number of hydrogen-bond acceptors (Lipinski definition) is 13. The predicted octanol–water partition coefficient (Wildman–Crippen LogP) is -9.25. The van der Waals surface area contributed by atoms with E-state index < -0.39 is 81.4 Å². The van der Waals surface area contributed by atoms with Crippen LogP contribution in [0, 0.1) is 0 Å². The number of aliphatic carboxylic acids is 7. The van der Waals surface area contributed by atoms with Gasteiger partial charge in [-0.1, -0.05) is 6.58 Å². The van der Waals surface area contributed by atoms with E-state index in [2.05, 4.69) is 6.58 Å². The Labute approximate surface area is 365 Å². The summed E-state index contributed by atoms with van der Waals surface area (Å²) in [5.41, 5.74) is 0. The Morgan fingerprint density at radius 1 is 0.366 bits per heavy atom. The van der Waals surface area contributed by atoms with Crippen LogP contribution in [0.3, 0.4) is 0 Å². The number of hydrogen-bond donors (Lipinski definition) is 13. The molecular formula is C15H34Na6O20. The molecule has 0 aliphatic rings. The number of carboxylic acids is 7. The van der Waals surface area contributed by atoms with E-state index in [1.165, 1.54) is 0 Å². The molecule has 0 bridgehead atoms. The van der Waals surface area contributed by atoms with Crippen molar-refractivity contribution in [3.05, 3.63) is 12.7 Å². The molecule has 0 aliphatic carbocycles. The van der Waals surface area contributed by atoms with Gasteiger partial charge in [-0.15, -0.1) is 0 Å². The molecule has 0 fully saturated rings. The van der Waals surface area contributed by atoms with Crippen LogP contribution in [-0.2, 0) is 33.6 Å². The second-order valence-corrected chi connectivity index (χ2v) is 3.85. The average molecular weight is 672 g/mol. The first-order valence-electron chi connectivity index (χ1n) is 7.71. The zero-order chi connectivity index (χ0) is 30.0. The molecule has 26 heteroatoms. The van der Waals surface area contributed by atoms with Crippen molar-refractivity contribution in [3.63, 3.8) is 0 Å². The normalized spacial score (nSPS) is 6.20. The molecule has 0 unspecified atom stereocenters. The van der Waals surface area contributed by atoms with E-state index in [1.807, 2.05) is 0 Å². The third-order valence-electron chi connectivity index (χ3n) is 0.986. The first-order chi connectivity index (χ1) is 15.9. The standard InChI is InChI=1S/C3H4O2.6C2H4O3.6Na.6H/c1-2-3(4)5;6*3-1-2(4)5;;;;;;;;;;;;/h2H,1H2,(H,4,5);6*3H,1H2,(H,4,5);;;;;;;;;;;;. The minimum atomic E-state index is -1.19. The fourth-order valence-corrected chi connectivity index (χ4v) is 0. The van der Waals surface area contributed by atoms with Crippen molar-refractivity contribution in [2.75, 3.05) is 39.6 Å². The van der Waals surface area contributed by atoms with Crippen LogP contribution in [0.15, 0.2) is 12.7 Å². The van der Waals surface area contributed by atoms with Crippen molar-refractivity contribution >= 4 is 219 Å². The Hall–Kier alpha value is 1.79. The first kappa shape index (κ1) is 84.2. The predicted molar refractivity (Wildman–Crippen MR) is 149 cm³/mol. The number of rotatable bonds is 7. The summed E-state index contributed by atoms with van der Waals surface area (Å²) in [5, 5.41) is 97.7. The van der Waals surface area contributed by atoms with Crippen molar-refractivity contribution in [1.82, 2.24) is 0 Å². The quantitative estimate of drug-likeness (QED) is 0.0881. The summed E-state index contributed by atoms with van der Waals surface area (Å²) in [6.07, 6.45) is 0.833. The maximum absolute atomic E-state index is 9.25. The summed E-state index contributed by atoms with van der Waals surface area (Å²) >= 11 is 0. The van der Waals surface area contributed by atoms with Crippen LogP contribution >= 0.6 is 0 Å². The monoisotopic (exact) mass is 672 g/mol. The van der Waals surface area contributed by atoms with Gasteiger partial charge in [-0.05, 0) is 0 Å². The molecule has 0 rings (SSSR count). The molecule has 0 aromatic carbocycles. The Morgan fingerprint density at radius 3 is 0.415 bits per heavy atom. The van der Waals surface area contributed by atoms with Gasteiger partial charge in [-0.3, -0.25) is 0 Å². The fourth-order valence-electron chi connectivity index (χ4n) is 0. The van der Waals surface area contributed by atoms with Gasteiger partial charge in [0.05, 0.1) is 0 Å². The van der Waals surface area contributed by atoms with Crippen LogP contribution in [0.25, 0.3) is 0 Å². The van der Waals surface area contributed by atoms with Crippen molar-refractivity contribution in [2.24, 2.45) is 0 Å². The fraction of sp³-hybridized carbons (Fsp3) is 0.400. The molecule has 0 saturated carbocycles. The molecule has 20 nitrogen and oxygen atoms in total. The Kier molecular flexibility index (Phi) is 161. The van der Waals surface area contributed by atoms with Crippen LogP contribution in [-0.4, -0.2) is 325 Å². The van der Waals surface area contributed by atoms with E-state index in [4.69, 9.17) is 95.2 Å². The van der Waals surface area contributed by atoms with Gasteiger partial charge in [-0.25, -0.2) is 33.6 Å². The minimum absolute atomic E-state index is 0. The molecule has 0 aromatic rings. The van der Waals surface area contributed by atoms with Gasteiger partial charge < -0.3 is 66.4 Å². The molecule has 0 aromatic heterocycles. The van der Waals surface area contributed by atoms with Crippen molar-refractivity contribution in [3.8, 4) is 0 Å². The van der Waals surface area contributed by atoms with Gasteiger partial charge in [0.1, 0.15) is 39.6 Å². The number of aliphatic hydroxyl groups excluding tert-OH is 6. The van der Waals surface area contributed by atoms with Crippen molar-refractivity contribution in [2.45, 2.75) is 0 Å². The maximum atomic E-state index is 9.25. The van der Waals surface area contributed by atoms with Crippen LogP contribution in [0.4, 0.5) is 0 Å². The van der Waals surface area contributed by atoms with Crippen LogP contribution in [0.1, 0.15) is 0 Å². The average Bonchev–Trinajstić information content (AvgIpc) is 2.80. The molecule has 41 heavy (non-hydrogen) atoms. The third-order valence-corrected chi connectivity index (χ3v) is 0.986. The topological polar surface area (TPSA) is 382 Å². The summed E-state index contributed by atoms with van der Waals surface area (Å²) < 4.78 is 0. The molecule has 0 aliphatic heterocycles. The van der Waals surface area contributed by atoms with Gasteiger partial charge in [0, 0.05) is 6.08 Å². The van der Waals surface area contributed by atoms with Gasteiger partial charge in [0.25, 0.3) is 0 Å². The molecule has 220 valence electrons. The van der Waals surface area contributed by atoms with Crippen molar-refractivity contribution in [1.29, 1.82) is 0 Å². The summed E-state index contributed by atoms with van der Waals surface area (Å²) in [7, 11) is 0. The number of aliphatic hydroxyl groups is 6. The van der Waals surface area contributed by atoms with Crippen LogP contribution < -0.4 is 0 Å². The number of carbonyl (C=O) groups is 7. The van der Waals surface area contributed by atoms with E-state index in [1.54, 1.807) is 0 Å². The molecule has 0 atom stereocenters. The summed E-state index contributed by atoms with van der Waals surface area (Å²) in [5.74, 6) is -8.12. The molecule has 0 radical (unpaired) electrons. The van der Waals surface area contributed by atoms with E-state index in [0.717, 1.165) is 6.08 Å². The first-order valence-corrected chi connectivity index (χ1v) is 7.71.